The van der Waals surface area contributed by atoms with Crippen molar-refractivity contribution in [2.45, 2.75) is 13.5 Å². The van der Waals surface area contributed by atoms with Crippen LogP contribution in [0.3, 0.4) is 0 Å². The van der Waals surface area contributed by atoms with Gasteiger partial charge in [-0.2, -0.15) is 0 Å². The minimum Gasteiger partial charge on any atom is -0.489 e. The predicted molar refractivity (Wildman–Crippen MR) is 102 cm³/mol. The molecule has 1 heterocycles. The van der Waals surface area contributed by atoms with Gasteiger partial charge in [-0.3, -0.25) is 10.1 Å². The Morgan fingerprint density at radius 2 is 1.92 bits per heavy atom. The number of anilines is 1. The Morgan fingerprint density at radius 1 is 1.16 bits per heavy atom. The molecule has 0 unspecified atom stereocenters. The fraction of sp³-hybridized carbons (Fsp3) is 0.100. The highest BCUT2D eigenvalue weighted by molar-refractivity contribution is 7.15. The van der Waals surface area contributed by atoms with Gasteiger partial charge in [0.15, 0.2) is 5.13 Å². The molecule has 5 heteroatoms. The summed E-state index contributed by atoms with van der Waals surface area (Å²) in [5.41, 5.74) is 2.05. The number of nitrogens with one attached hydrogen (secondary N) is 1. The number of nitrogens with zero attached hydrogens (tertiary/aromatic N) is 1. The fourth-order valence-electron chi connectivity index (χ4n) is 2.15. The van der Waals surface area contributed by atoms with Gasteiger partial charge in [-0.1, -0.05) is 42.5 Å². The smallest absolute Gasteiger partial charge is 0.250 e. The highest BCUT2D eigenvalue weighted by Gasteiger charge is 2.01. The number of hydrogen-bond acceptors (Lipinski definition) is 4. The van der Waals surface area contributed by atoms with E-state index in [0.29, 0.717) is 11.7 Å². The van der Waals surface area contributed by atoms with E-state index in [4.69, 9.17) is 4.74 Å². The zero-order valence-corrected chi connectivity index (χ0v) is 14.6. The highest BCUT2D eigenvalue weighted by Crippen LogP contribution is 2.17. The first-order valence-electron chi connectivity index (χ1n) is 7.87. The number of carbonyl (C=O) groups is 1. The molecule has 0 fully saturated rings. The van der Waals surface area contributed by atoms with Gasteiger partial charge in [-0.25, -0.2) is 4.98 Å². The number of amides is 1. The van der Waals surface area contributed by atoms with Gasteiger partial charge in [0.1, 0.15) is 12.4 Å². The van der Waals surface area contributed by atoms with Crippen LogP contribution in [0.2, 0.25) is 0 Å². The third-order valence-electron chi connectivity index (χ3n) is 3.41. The van der Waals surface area contributed by atoms with E-state index in [1.807, 2.05) is 61.5 Å². The SMILES string of the molecule is Cc1cnc(NC(=O)/C=C/c2ccc(OCc3ccccc3)cc2)s1. The Labute approximate surface area is 150 Å². The molecule has 4 nitrogen and oxygen atoms in total. The van der Waals surface area contributed by atoms with Crippen molar-refractivity contribution >= 4 is 28.5 Å². The van der Waals surface area contributed by atoms with E-state index in [2.05, 4.69) is 10.3 Å². The lowest BCUT2D eigenvalue weighted by atomic mass is 10.2. The minimum atomic E-state index is -0.196. The van der Waals surface area contributed by atoms with E-state index >= 15 is 0 Å². The molecule has 2 aromatic carbocycles. The Kier molecular flexibility index (Phi) is 5.59. The van der Waals surface area contributed by atoms with E-state index in [1.54, 1.807) is 12.3 Å². The topological polar surface area (TPSA) is 51.2 Å². The highest BCUT2D eigenvalue weighted by atomic mass is 32.1. The van der Waals surface area contributed by atoms with Crippen LogP contribution in [0.5, 0.6) is 5.75 Å². The predicted octanol–water partition coefficient (Wildman–Crippen LogP) is 4.68. The number of ether oxygens (including phenoxy) is 1. The Hall–Kier alpha value is -2.92. The van der Waals surface area contributed by atoms with Crippen LogP contribution in [0.4, 0.5) is 5.13 Å². The van der Waals surface area contributed by atoms with Crippen molar-refractivity contribution in [1.82, 2.24) is 4.98 Å². The van der Waals surface area contributed by atoms with E-state index < -0.39 is 0 Å². The average Bonchev–Trinajstić information content (AvgIpc) is 3.04. The second-order valence-corrected chi connectivity index (χ2v) is 6.68. The molecule has 0 aliphatic carbocycles. The average molecular weight is 350 g/mol. The molecular weight excluding hydrogens is 332 g/mol. The molecule has 126 valence electrons. The van der Waals surface area contributed by atoms with Gasteiger partial charge in [0.05, 0.1) is 0 Å². The molecule has 0 bridgehead atoms. The summed E-state index contributed by atoms with van der Waals surface area (Å²) in [5.74, 6) is 0.600. The van der Waals surface area contributed by atoms with Crippen molar-refractivity contribution in [2.24, 2.45) is 0 Å². The molecule has 0 atom stereocenters. The van der Waals surface area contributed by atoms with Crippen molar-refractivity contribution in [2.75, 3.05) is 5.32 Å². The summed E-state index contributed by atoms with van der Waals surface area (Å²) in [6.07, 6.45) is 4.99. The summed E-state index contributed by atoms with van der Waals surface area (Å²) in [5, 5.41) is 3.35. The van der Waals surface area contributed by atoms with Crippen LogP contribution < -0.4 is 10.1 Å². The lowest BCUT2D eigenvalue weighted by Gasteiger charge is -2.06. The summed E-state index contributed by atoms with van der Waals surface area (Å²) in [4.78, 5) is 17.0. The van der Waals surface area contributed by atoms with Gasteiger partial charge >= 0.3 is 0 Å². The van der Waals surface area contributed by atoms with Gasteiger partial charge in [0, 0.05) is 17.2 Å². The normalized spacial score (nSPS) is 10.8. The lowest BCUT2D eigenvalue weighted by molar-refractivity contribution is -0.111. The van der Waals surface area contributed by atoms with Gasteiger partial charge in [-0.15, -0.1) is 11.3 Å². The number of aryl methyl sites for hydroxylation is 1. The van der Waals surface area contributed by atoms with Crippen molar-refractivity contribution in [3.05, 3.63) is 82.9 Å². The van der Waals surface area contributed by atoms with E-state index in [1.165, 1.54) is 17.4 Å². The van der Waals surface area contributed by atoms with Gasteiger partial charge in [-0.05, 0) is 36.3 Å². The van der Waals surface area contributed by atoms with Crippen molar-refractivity contribution in [3.63, 3.8) is 0 Å². The number of thiazole rings is 1. The minimum absolute atomic E-state index is 0.196. The fourth-order valence-corrected chi connectivity index (χ4v) is 2.81. The van der Waals surface area contributed by atoms with Crippen LogP contribution in [0.15, 0.2) is 66.9 Å². The molecule has 1 aromatic heterocycles. The van der Waals surface area contributed by atoms with Gasteiger partial charge in [0.2, 0.25) is 5.91 Å². The molecule has 0 aliphatic rings. The molecule has 25 heavy (non-hydrogen) atoms. The Morgan fingerprint density at radius 3 is 2.60 bits per heavy atom. The van der Waals surface area contributed by atoms with Crippen molar-refractivity contribution in [3.8, 4) is 5.75 Å². The van der Waals surface area contributed by atoms with Crippen molar-refractivity contribution < 1.29 is 9.53 Å². The third kappa shape index (κ3) is 5.29. The zero-order chi connectivity index (χ0) is 17.5. The number of aromatic nitrogens is 1. The maximum Gasteiger partial charge on any atom is 0.250 e. The van der Waals surface area contributed by atoms with Crippen LogP contribution in [0.25, 0.3) is 6.08 Å². The molecule has 0 aliphatic heterocycles. The van der Waals surface area contributed by atoms with Gasteiger partial charge < -0.3 is 4.74 Å². The zero-order valence-electron chi connectivity index (χ0n) is 13.8. The van der Waals surface area contributed by atoms with Crippen LogP contribution >= 0.6 is 11.3 Å². The molecule has 0 saturated carbocycles. The number of carbonyl (C=O) groups excluding carboxylic acids is 1. The summed E-state index contributed by atoms with van der Waals surface area (Å²) >= 11 is 1.45. The van der Waals surface area contributed by atoms with Gasteiger partial charge in [0.25, 0.3) is 0 Å². The Bertz CT molecular complexity index is 855. The van der Waals surface area contributed by atoms with Crippen LogP contribution in [0.1, 0.15) is 16.0 Å². The Balaban J connectivity index is 1.52. The van der Waals surface area contributed by atoms with E-state index in [-0.39, 0.29) is 5.91 Å². The standard InChI is InChI=1S/C20H18N2O2S/c1-15-13-21-20(25-15)22-19(23)12-9-16-7-10-18(11-8-16)24-14-17-5-3-2-4-6-17/h2-13H,14H2,1H3,(H,21,22,23)/b12-9+. The summed E-state index contributed by atoms with van der Waals surface area (Å²) in [6, 6.07) is 17.6. The summed E-state index contributed by atoms with van der Waals surface area (Å²) in [6.45, 7) is 2.48. The molecule has 3 aromatic rings. The lowest BCUT2D eigenvalue weighted by Crippen LogP contribution is -2.07. The molecule has 0 radical (unpaired) electrons. The second-order valence-electron chi connectivity index (χ2n) is 5.44. The molecule has 3 rings (SSSR count). The molecule has 1 N–H and O–H groups in total. The van der Waals surface area contributed by atoms with Crippen LogP contribution in [-0.2, 0) is 11.4 Å². The molecule has 0 spiro atoms. The number of hydrogen-bond donors (Lipinski definition) is 1. The summed E-state index contributed by atoms with van der Waals surface area (Å²) in [7, 11) is 0. The first-order valence-corrected chi connectivity index (χ1v) is 8.69. The molecule has 0 saturated heterocycles. The van der Waals surface area contributed by atoms with E-state index in [9.17, 15) is 4.79 Å². The quantitative estimate of drug-likeness (QED) is 0.657. The number of rotatable bonds is 6. The van der Waals surface area contributed by atoms with Crippen LogP contribution in [-0.4, -0.2) is 10.9 Å². The third-order valence-corrected chi connectivity index (χ3v) is 4.24. The monoisotopic (exact) mass is 350 g/mol. The maximum atomic E-state index is 11.9. The first kappa shape index (κ1) is 16.9. The van der Waals surface area contributed by atoms with Crippen molar-refractivity contribution in [1.29, 1.82) is 0 Å². The van der Waals surface area contributed by atoms with E-state index in [0.717, 1.165) is 21.8 Å². The molecular formula is C20H18N2O2S. The second kappa shape index (κ2) is 8.26. The van der Waals surface area contributed by atoms with Crippen LogP contribution in [0, 0.1) is 6.92 Å². The first-order chi connectivity index (χ1) is 12.2. The number of benzene rings is 2. The molecule has 1 amide bonds. The largest absolute Gasteiger partial charge is 0.489 e. The maximum absolute atomic E-state index is 11.9. The summed E-state index contributed by atoms with van der Waals surface area (Å²) < 4.78 is 5.74.